The van der Waals surface area contributed by atoms with Crippen LogP contribution < -0.4 is 5.32 Å². The molecular weight excluding hydrogens is 505 g/mol. The number of halogens is 1. The maximum absolute atomic E-state index is 13.6. The Balaban J connectivity index is 1.61. The third kappa shape index (κ3) is 6.51. The summed E-state index contributed by atoms with van der Waals surface area (Å²) in [4.78, 5) is 38.5. The van der Waals surface area contributed by atoms with E-state index in [1.165, 1.54) is 59.2 Å². The minimum Gasteiger partial charge on any atom is -0.383 e. The molecule has 39 heavy (non-hydrogen) atoms. The van der Waals surface area contributed by atoms with Crippen molar-refractivity contribution in [1.82, 2.24) is 14.7 Å². The molecule has 0 aliphatic carbocycles. The molecule has 0 aliphatic heterocycles. The van der Waals surface area contributed by atoms with Crippen LogP contribution in [-0.4, -0.2) is 58.2 Å². The van der Waals surface area contributed by atoms with Crippen LogP contribution in [0.2, 0.25) is 0 Å². The van der Waals surface area contributed by atoms with Gasteiger partial charge in [-0.15, -0.1) is 0 Å². The molecule has 1 heterocycles. The lowest BCUT2D eigenvalue weighted by molar-refractivity contribution is -0.385. The first-order valence-electron chi connectivity index (χ1n) is 12.0. The first kappa shape index (κ1) is 27.1. The van der Waals surface area contributed by atoms with E-state index >= 15 is 0 Å². The van der Waals surface area contributed by atoms with Gasteiger partial charge in [-0.1, -0.05) is 36.4 Å². The van der Waals surface area contributed by atoms with Gasteiger partial charge in [-0.2, -0.15) is 5.10 Å². The quantitative estimate of drug-likeness (QED) is 0.236. The zero-order chi connectivity index (χ0) is 27.9. The molecule has 1 aromatic heterocycles. The van der Waals surface area contributed by atoms with Crippen molar-refractivity contribution in [3.63, 3.8) is 0 Å². The summed E-state index contributed by atoms with van der Waals surface area (Å²) in [5.41, 5.74) is 2.22. The number of nitro groups is 1. The number of nitrogens with one attached hydrogen (secondary N) is 1. The summed E-state index contributed by atoms with van der Waals surface area (Å²) in [6.07, 6.45) is 0. The highest BCUT2D eigenvalue weighted by Gasteiger charge is 2.23. The Kier molecular flexibility index (Phi) is 8.42. The van der Waals surface area contributed by atoms with Gasteiger partial charge in [0.25, 0.3) is 11.6 Å². The number of aryl methyl sites for hydroxylation is 1. The van der Waals surface area contributed by atoms with Crippen molar-refractivity contribution in [2.45, 2.75) is 6.92 Å². The Morgan fingerprint density at radius 1 is 1.08 bits per heavy atom. The Bertz CT molecular complexity index is 1490. The second-order valence-corrected chi connectivity index (χ2v) is 8.70. The fourth-order valence-electron chi connectivity index (χ4n) is 3.93. The average molecular weight is 532 g/mol. The highest BCUT2D eigenvalue weighted by atomic mass is 19.1. The number of carbonyl (C=O) groups is 2. The third-order valence-corrected chi connectivity index (χ3v) is 5.96. The highest BCUT2D eigenvalue weighted by Crippen LogP contribution is 2.25. The van der Waals surface area contributed by atoms with Gasteiger partial charge in [-0.25, -0.2) is 9.07 Å². The number of amides is 2. The van der Waals surface area contributed by atoms with Gasteiger partial charge in [0.05, 0.1) is 22.9 Å². The molecule has 0 fully saturated rings. The van der Waals surface area contributed by atoms with Crippen molar-refractivity contribution in [1.29, 1.82) is 0 Å². The number of ether oxygens (including phenoxy) is 1. The van der Waals surface area contributed by atoms with Crippen molar-refractivity contribution in [3.8, 4) is 16.9 Å². The van der Waals surface area contributed by atoms with Crippen molar-refractivity contribution < 1.29 is 23.6 Å². The fourth-order valence-corrected chi connectivity index (χ4v) is 3.93. The van der Waals surface area contributed by atoms with Gasteiger partial charge >= 0.3 is 0 Å². The van der Waals surface area contributed by atoms with Gasteiger partial charge in [-0.05, 0) is 37.3 Å². The number of benzene rings is 3. The van der Waals surface area contributed by atoms with Crippen molar-refractivity contribution >= 4 is 23.3 Å². The van der Waals surface area contributed by atoms with Gasteiger partial charge < -0.3 is 15.0 Å². The summed E-state index contributed by atoms with van der Waals surface area (Å²) in [5, 5.41) is 18.7. The smallest absolute Gasteiger partial charge is 0.273 e. The largest absolute Gasteiger partial charge is 0.383 e. The standard InChI is InChI=1S/C28H26FN5O5/c1-19-8-9-21(16-25(19)34(37)38)28(36)32(14-15-39-2)18-27(35)30-26-17-24(20-6-4-3-5-7-20)31-33(26)23-12-10-22(29)11-13-23/h3-13,16-17H,14-15,18H2,1-2H3,(H,30,35). The van der Waals surface area contributed by atoms with E-state index in [-0.39, 0.29) is 30.9 Å². The van der Waals surface area contributed by atoms with Crippen LogP contribution >= 0.6 is 0 Å². The minimum atomic E-state index is -0.556. The Hall–Kier alpha value is -4.90. The Labute approximate surface area is 223 Å². The number of methoxy groups -OCH3 is 1. The van der Waals surface area contributed by atoms with E-state index in [4.69, 9.17) is 4.74 Å². The summed E-state index contributed by atoms with van der Waals surface area (Å²) in [7, 11) is 1.46. The minimum absolute atomic E-state index is 0.0803. The fraction of sp³-hybridized carbons (Fsp3) is 0.179. The van der Waals surface area contributed by atoms with E-state index in [1.54, 1.807) is 13.0 Å². The molecule has 0 aliphatic rings. The number of nitrogens with zero attached hydrogens (tertiary/aromatic N) is 4. The van der Waals surface area contributed by atoms with Crippen LogP contribution in [0.3, 0.4) is 0 Å². The van der Waals surface area contributed by atoms with E-state index in [2.05, 4.69) is 10.4 Å². The molecule has 0 radical (unpaired) electrons. The molecule has 3 aromatic carbocycles. The molecule has 10 nitrogen and oxygen atoms in total. The molecule has 0 saturated carbocycles. The molecule has 0 atom stereocenters. The van der Waals surface area contributed by atoms with E-state index in [9.17, 15) is 24.1 Å². The maximum atomic E-state index is 13.6. The zero-order valence-corrected chi connectivity index (χ0v) is 21.3. The Morgan fingerprint density at radius 3 is 2.46 bits per heavy atom. The van der Waals surface area contributed by atoms with E-state index in [0.29, 0.717) is 22.8 Å². The lowest BCUT2D eigenvalue weighted by atomic mass is 10.1. The van der Waals surface area contributed by atoms with Crippen LogP contribution in [-0.2, 0) is 9.53 Å². The predicted octanol–water partition coefficient (Wildman–Crippen LogP) is 4.62. The van der Waals surface area contributed by atoms with Crippen LogP contribution in [0, 0.1) is 22.9 Å². The second-order valence-electron chi connectivity index (χ2n) is 8.70. The number of nitro benzene ring substituents is 1. The van der Waals surface area contributed by atoms with Crippen molar-refractivity contribution in [2.24, 2.45) is 0 Å². The number of aromatic nitrogens is 2. The first-order chi connectivity index (χ1) is 18.8. The van der Waals surface area contributed by atoms with Crippen molar-refractivity contribution in [2.75, 3.05) is 32.1 Å². The topological polar surface area (TPSA) is 120 Å². The van der Waals surface area contributed by atoms with Gasteiger partial charge in [0.15, 0.2) is 0 Å². The van der Waals surface area contributed by atoms with Gasteiger partial charge in [0.2, 0.25) is 5.91 Å². The lowest BCUT2D eigenvalue weighted by Crippen LogP contribution is -2.40. The lowest BCUT2D eigenvalue weighted by Gasteiger charge is -2.22. The molecule has 0 spiro atoms. The molecule has 2 amide bonds. The molecule has 0 unspecified atom stereocenters. The average Bonchev–Trinajstić information content (AvgIpc) is 3.35. The number of rotatable bonds is 10. The highest BCUT2D eigenvalue weighted by molar-refractivity contribution is 5.99. The van der Waals surface area contributed by atoms with Crippen LogP contribution in [0.25, 0.3) is 16.9 Å². The maximum Gasteiger partial charge on any atom is 0.273 e. The van der Waals surface area contributed by atoms with Gasteiger partial charge in [0, 0.05) is 42.5 Å². The molecular formula is C28H26FN5O5. The summed E-state index contributed by atoms with van der Waals surface area (Å²) >= 11 is 0. The van der Waals surface area contributed by atoms with Crippen molar-refractivity contribution in [3.05, 3.63) is 106 Å². The van der Waals surface area contributed by atoms with E-state index in [0.717, 1.165) is 5.56 Å². The normalized spacial score (nSPS) is 10.7. The SMILES string of the molecule is COCCN(CC(=O)Nc1cc(-c2ccccc2)nn1-c1ccc(F)cc1)C(=O)c1ccc(C)c([N+](=O)[O-])c1. The predicted molar refractivity (Wildman–Crippen MR) is 143 cm³/mol. The van der Waals surface area contributed by atoms with Crippen LogP contribution in [0.4, 0.5) is 15.9 Å². The Morgan fingerprint density at radius 2 is 1.79 bits per heavy atom. The monoisotopic (exact) mass is 531 g/mol. The second kappa shape index (κ2) is 12.1. The molecule has 11 heteroatoms. The molecule has 1 N–H and O–H groups in total. The number of hydrogen-bond donors (Lipinski definition) is 1. The number of carbonyl (C=O) groups excluding carboxylic acids is 2. The van der Waals surface area contributed by atoms with Gasteiger partial charge in [-0.3, -0.25) is 19.7 Å². The molecule has 4 rings (SSSR count). The zero-order valence-electron chi connectivity index (χ0n) is 21.3. The van der Waals surface area contributed by atoms with Crippen LogP contribution in [0.1, 0.15) is 15.9 Å². The number of anilines is 1. The van der Waals surface area contributed by atoms with Gasteiger partial charge in [0.1, 0.15) is 18.2 Å². The summed E-state index contributed by atoms with van der Waals surface area (Å²) < 4.78 is 20.1. The summed E-state index contributed by atoms with van der Waals surface area (Å²) in [6.45, 7) is 1.46. The first-order valence-corrected chi connectivity index (χ1v) is 12.0. The molecule has 0 saturated heterocycles. The van der Waals surface area contributed by atoms with E-state index in [1.807, 2.05) is 30.3 Å². The summed E-state index contributed by atoms with van der Waals surface area (Å²) in [5.74, 6) is -1.18. The number of hydrogen-bond acceptors (Lipinski definition) is 6. The summed E-state index contributed by atoms with van der Waals surface area (Å²) in [6, 6.07) is 20.8. The molecule has 4 aromatic rings. The van der Waals surface area contributed by atoms with Crippen LogP contribution in [0.5, 0.6) is 0 Å². The van der Waals surface area contributed by atoms with E-state index < -0.39 is 22.6 Å². The molecule has 200 valence electrons. The molecule has 0 bridgehead atoms. The third-order valence-electron chi connectivity index (χ3n) is 5.96. The van der Waals surface area contributed by atoms with Crippen LogP contribution in [0.15, 0.2) is 78.9 Å².